The minimum atomic E-state index is 0.717. The van der Waals surface area contributed by atoms with Gasteiger partial charge in [0.2, 0.25) is 0 Å². The first kappa shape index (κ1) is 32.2. The van der Waals surface area contributed by atoms with Gasteiger partial charge in [0, 0.05) is 55.5 Å². The summed E-state index contributed by atoms with van der Waals surface area (Å²) < 4.78 is 4.87. The van der Waals surface area contributed by atoms with Crippen LogP contribution < -0.4 is 0 Å². The third kappa shape index (κ3) is 5.38. The Labute approximate surface area is 325 Å². The molecule has 0 N–H and O–H groups in total. The van der Waals surface area contributed by atoms with Crippen LogP contribution in [-0.2, 0) is 6.42 Å². The van der Waals surface area contributed by atoms with E-state index in [1.54, 1.807) is 0 Å². The van der Waals surface area contributed by atoms with Gasteiger partial charge in [0.1, 0.15) is 0 Å². The van der Waals surface area contributed by atoms with Gasteiger partial charge >= 0.3 is 0 Å². The van der Waals surface area contributed by atoms with Crippen LogP contribution in [-0.4, -0.2) is 19.1 Å². The second-order valence-electron chi connectivity index (χ2n) is 14.5. The molecular weight excluding hydrogens is 681 g/mol. The lowest BCUT2D eigenvalue weighted by Gasteiger charge is -2.18. The Morgan fingerprint density at radius 1 is 0.375 bits per heavy atom. The quantitative estimate of drug-likeness (QED) is 0.172. The van der Waals surface area contributed by atoms with Gasteiger partial charge in [-0.3, -0.25) is 0 Å². The molecule has 10 aromatic rings. The van der Waals surface area contributed by atoms with E-state index in [4.69, 9.17) is 9.97 Å². The predicted molar refractivity (Wildman–Crippen MR) is 232 cm³/mol. The third-order valence-corrected chi connectivity index (χ3v) is 11.3. The molecule has 56 heavy (non-hydrogen) atoms. The van der Waals surface area contributed by atoms with E-state index in [9.17, 15) is 0 Å². The van der Waals surface area contributed by atoms with E-state index < -0.39 is 0 Å². The van der Waals surface area contributed by atoms with E-state index in [1.807, 2.05) is 24.3 Å². The van der Waals surface area contributed by atoms with Crippen molar-refractivity contribution in [3.63, 3.8) is 0 Å². The molecule has 11 rings (SSSR count). The minimum absolute atomic E-state index is 0.717. The van der Waals surface area contributed by atoms with Gasteiger partial charge in [-0.15, -0.1) is 0 Å². The van der Waals surface area contributed by atoms with Crippen molar-refractivity contribution in [1.29, 1.82) is 0 Å². The lowest BCUT2D eigenvalue weighted by atomic mass is 9.91. The van der Waals surface area contributed by atoms with E-state index in [0.717, 1.165) is 52.4 Å². The van der Waals surface area contributed by atoms with Crippen LogP contribution >= 0.6 is 0 Å². The summed E-state index contributed by atoms with van der Waals surface area (Å²) in [5, 5.41) is 3.80. The second kappa shape index (κ2) is 13.2. The summed E-state index contributed by atoms with van der Waals surface area (Å²) in [6.45, 7) is 0. The maximum Gasteiger partial charge on any atom is 0.160 e. The number of rotatable bonds is 6. The van der Waals surface area contributed by atoms with E-state index >= 15 is 0 Å². The molecule has 4 heteroatoms. The molecule has 0 amide bonds. The van der Waals surface area contributed by atoms with Crippen LogP contribution in [0.5, 0.6) is 0 Å². The first-order valence-corrected chi connectivity index (χ1v) is 19.3. The summed E-state index contributed by atoms with van der Waals surface area (Å²) in [4.78, 5) is 10.1. The molecule has 7 aromatic carbocycles. The molecule has 0 spiro atoms. The number of aromatic nitrogens is 4. The summed E-state index contributed by atoms with van der Waals surface area (Å²) in [6.07, 6.45) is 4.40. The van der Waals surface area contributed by atoms with Gasteiger partial charge in [-0.25, -0.2) is 9.97 Å². The van der Waals surface area contributed by atoms with Crippen molar-refractivity contribution in [2.75, 3.05) is 0 Å². The van der Waals surface area contributed by atoms with Crippen LogP contribution in [0, 0.1) is 0 Å². The summed E-state index contributed by atoms with van der Waals surface area (Å²) >= 11 is 0. The molecule has 0 saturated heterocycles. The lowest BCUT2D eigenvalue weighted by molar-refractivity contribution is 0.898. The zero-order valence-electron chi connectivity index (χ0n) is 30.7. The van der Waals surface area contributed by atoms with Gasteiger partial charge in [-0.05, 0) is 78.6 Å². The summed E-state index contributed by atoms with van der Waals surface area (Å²) in [5.74, 6) is 0.717. The number of benzene rings is 7. The van der Waals surface area contributed by atoms with Gasteiger partial charge < -0.3 is 9.13 Å². The number of hydrogen-bond donors (Lipinski definition) is 0. The van der Waals surface area contributed by atoms with Gasteiger partial charge in [0.25, 0.3) is 0 Å². The molecule has 3 aromatic heterocycles. The molecule has 0 aliphatic heterocycles. The molecule has 0 radical (unpaired) electrons. The lowest BCUT2D eigenvalue weighted by Crippen LogP contribution is -2.05. The average molecular weight is 717 g/mol. The van der Waals surface area contributed by atoms with E-state index in [-0.39, 0.29) is 0 Å². The van der Waals surface area contributed by atoms with E-state index in [0.29, 0.717) is 0 Å². The molecule has 0 bridgehead atoms. The van der Waals surface area contributed by atoms with Gasteiger partial charge in [-0.1, -0.05) is 140 Å². The summed E-state index contributed by atoms with van der Waals surface area (Å²) in [6, 6.07) is 66.9. The van der Waals surface area contributed by atoms with Crippen molar-refractivity contribution in [3.8, 4) is 45.3 Å². The monoisotopic (exact) mass is 716 g/mol. The van der Waals surface area contributed by atoms with Crippen molar-refractivity contribution in [1.82, 2.24) is 19.1 Å². The van der Waals surface area contributed by atoms with Gasteiger partial charge in [0.05, 0.1) is 27.9 Å². The normalized spacial score (nSPS) is 12.6. The standard InChI is InChI=1S/C52H36N4/c1-4-14-35(15-5-1)46-34-47(54-52(53-46)37-16-6-2-7-17-37)36-24-28-41(29-25-36)56-48-22-12-10-20-42(48)44-30-26-39(33-51(44)56)38-27-31-50-45(32-38)43-21-11-13-23-49(43)55(50)40-18-8-3-9-19-40/h1-26,28-30,32-34H,27,31H2. The first-order chi connectivity index (χ1) is 27.8. The number of fused-ring (bicyclic) bond motifs is 6. The molecule has 4 nitrogen and oxygen atoms in total. The Kier molecular flexibility index (Phi) is 7.59. The Balaban J connectivity index is 1.02. The molecular formula is C52H36N4. The maximum atomic E-state index is 5.08. The highest BCUT2D eigenvalue weighted by atomic mass is 15.0. The Morgan fingerprint density at radius 2 is 0.911 bits per heavy atom. The zero-order chi connectivity index (χ0) is 37.0. The molecule has 3 heterocycles. The predicted octanol–water partition coefficient (Wildman–Crippen LogP) is 13.0. The second-order valence-corrected chi connectivity index (χ2v) is 14.5. The Bertz CT molecular complexity index is 3040. The zero-order valence-corrected chi connectivity index (χ0v) is 30.7. The summed E-state index contributed by atoms with van der Waals surface area (Å²) in [7, 11) is 0. The largest absolute Gasteiger partial charge is 0.313 e. The van der Waals surface area contributed by atoms with Crippen molar-refractivity contribution in [2.45, 2.75) is 12.8 Å². The minimum Gasteiger partial charge on any atom is -0.313 e. The molecule has 0 unspecified atom stereocenters. The van der Waals surface area contributed by atoms with Crippen LogP contribution in [0.1, 0.15) is 23.2 Å². The smallest absolute Gasteiger partial charge is 0.160 e. The molecule has 264 valence electrons. The molecule has 0 atom stereocenters. The number of para-hydroxylation sites is 3. The van der Waals surface area contributed by atoms with Crippen LogP contribution in [0.4, 0.5) is 0 Å². The van der Waals surface area contributed by atoms with Crippen LogP contribution in [0.15, 0.2) is 188 Å². The van der Waals surface area contributed by atoms with Gasteiger partial charge in [0.15, 0.2) is 5.82 Å². The fourth-order valence-corrected chi connectivity index (χ4v) is 8.62. The first-order valence-electron chi connectivity index (χ1n) is 19.3. The highest BCUT2D eigenvalue weighted by molar-refractivity contribution is 6.10. The van der Waals surface area contributed by atoms with Crippen molar-refractivity contribution in [2.24, 2.45) is 0 Å². The van der Waals surface area contributed by atoms with E-state index in [1.165, 1.54) is 60.8 Å². The molecule has 1 aliphatic rings. The van der Waals surface area contributed by atoms with Crippen LogP contribution in [0.3, 0.4) is 0 Å². The molecule has 0 fully saturated rings. The van der Waals surface area contributed by atoms with Crippen molar-refractivity contribution in [3.05, 3.63) is 205 Å². The highest BCUT2D eigenvalue weighted by Gasteiger charge is 2.22. The van der Waals surface area contributed by atoms with Gasteiger partial charge in [-0.2, -0.15) is 0 Å². The highest BCUT2D eigenvalue weighted by Crippen LogP contribution is 2.41. The third-order valence-electron chi connectivity index (χ3n) is 11.3. The Morgan fingerprint density at radius 3 is 1.62 bits per heavy atom. The van der Waals surface area contributed by atoms with Crippen molar-refractivity contribution >= 4 is 44.4 Å². The number of hydrogen-bond acceptors (Lipinski definition) is 2. The molecule has 1 aliphatic carbocycles. The molecule has 0 saturated carbocycles. The van der Waals surface area contributed by atoms with Crippen molar-refractivity contribution < 1.29 is 0 Å². The summed E-state index contributed by atoms with van der Waals surface area (Å²) in [5.41, 5.74) is 16.2. The maximum absolute atomic E-state index is 5.08. The topological polar surface area (TPSA) is 35.6 Å². The van der Waals surface area contributed by atoms with Crippen LogP contribution in [0.25, 0.3) is 89.6 Å². The van der Waals surface area contributed by atoms with E-state index in [2.05, 4.69) is 179 Å². The fourth-order valence-electron chi connectivity index (χ4n) is 8.62. The van der Waals surface area contributed by atoms with Crippen LogP contribution in [0.2, 0.25) is 0 Å². The number of allylic oxidation sites excluding steroid dienone is 1. The average Bonchev–Trinajstić information content (AvgIpc) is 3.79. The SMILES string of the molecule is C1=C(c2ccc3c4ccccc4n(-c4ccc(-c5cc(-c6ccccc6)nc(-c6ccccc6)n5)cc4)c3c2)CCc2c1c1ccccc1n2-c1ccccc1. The number of nitrogens with zero attached hydrogens (tertiary/aromatic N) is 4. The Hall–Kier alpha value is -7.30. The fraction of sp³-hybridized carbons (Fsp3) is 0.0385.